The molecule has 0 aliphatic heterocycles. The van der Waals surface area contributed by atoms with E-state index in [1.165, 1.54) is 23.5 Å². The van der Waals surface area contributed by atoms with Crippen molar-refractivity contribution < 1.29 is 9.53 Å². The summed E-state index contributed by atoms with van der Waals surface area (Å²) >= 11 is 7.24. The van der Waals surface area contributed by atoms with Gasteiger partial charge in [0.05, 0.1) is 18.0 Å². The number of nitrogens with two attached hydrogens (primary N) is 1. The van der Waals surface area contributed by atoms with Crippen molar-refractivity contribution in [1.82, 2.24) is 14.9 Å². The zero-order valence-electron chi connectivity index (χ0n) is 13.3. The first-order chi connectivity index (χ1) is 11.5. The topological polar surface area (TPSA) is 95.1 Å². The van der Waals surface area contributed by atoms with Crippen LogP contribution in [-0.4, -0.2) is 33.1 Å². The molecule has 0 saturated heterocycles. The first kappa shape index (κ1) is 16.9. The summed E-state index contributed by atoms with van der Waals surface area (Å²) in [5.41, 5.74) is 0.523. The SMILES string of the molecule is COc1ccc(Cl)cc1NC(=O)[C@H](C)Sc1nnc(C2CC2)n1N. The molecule has 0 unspecified atom stereocenters. The van der Waals surface area contributed by atoms with Gasteiger partial charge < -0.3 is 15.9 Å². The fourth-order valence-electron chi connectivity index (χ4n) is 2.21. The minimum absolute atomic E-state index is 0.198. The predicted molar refractivity (Wildman–Crippen MR) is 94.1 cm³/mol. The number of halogens is 1. The molecule has 1 aromatic carbocycles. The highest BCUT2D eigenvalue weighted by molar-refractivity contribution is 8.00. The fourth-order valence-corrected chi connectivity index (χ4v) is 3.16. The Kier molecular flexibility index (Phi) is 4.86. The van der Waals surface area contributed by atoms with E-state index in [1.54, 1.807) is 25.1 Å². The van der Waals surface area contributed by atoms with Gasteiger partial charge in [-0.05, 0) is 38.0 Å². The van der Waals surface area contributed by atoms with Crippen LogP contribution in [0.15, 0.2) is 23.4 Å². The third-order valence-corrected chi connectivity index (χ3v) is 5.00. The van der Waals surface area contributed by atoms with Crippen LogP contribution in [0.5, 0.6) is 5.75 Å². The Morgan fingerprint density at radius 1 is 1.50 bits per heavy atom. The van der Waals surface area contributed by atoms with Gasteiger partial charge >= 0.3 is 0 Å². The van der Waals surface area contributed by atoms with Gasteiger partial charge in [-0.1, -0.05) is 23.4 Å². The molecule has 1 aliphatic rings. The van der Waals surface area contributed by atoms with Crippen LogP contribution in [0.25, 0.3) is 0 Å². The van der Waals surface area contributed by atoms with Crippen molar-refractivity contribution in [1.29, 1.82) is 0 Å². The first-order valence-electron chi connectivity index (χ1n) is 7.51. The van der Waals surface area contributed by atoms with Gasteiger partial charge in [-0.2, -0.15) is 0 Å². The van der Waals surface area contributed by atoms with E-state index in [9.17, 15) is 4.79 Å². The van der Waals surface area contributed by atoms with Gasteiger partial charge in [0.1, 0.15) is 5.75 Å². The average Bonchev–Trinajstić information content (AvgIpc) is 3.33. The summed E-state index contributed by atoms with van der Waals surface area (Å²) in [5, 5.41) is 11.6. The summed E-state index contributed by atoms with van der Waals surface area (Å²) in [6.07, 6.45) is 2.18. The number of carbonyl (C=O) groups is 1. The number of rotatable bonds is 6. The number of aromatic nitrogens is 3. The van der Waals surface area contributed by atoms with E-state index in [2.05, 4.69) is 15.5 Å². The van der Waals surface area contributed by atoms with Crippen molar-refractivity contribution in [2.24, 2.45) is 0 Å². The zero-order chi connectivity index (χ0) is 17.3. The van der Waals surface area contributed by atoms with Crippen molar-refractivity contribution >= 4 is 35.0 Å². The van der Waals surface area contributed by atoms with E-state index in [0.717, 1.165) is 18.7 Å². The van der Waals surface area contributed by atoms with Gasteiger partial charge in [0.25, 0.3) is 0 Å². The molecule has 1 aliphatic carbocycles. The van der Waals surface area contributed by atoms with Crippen molar-refractivity contribution in [2.75, 3.05) is 18.3 Å². The third-order valence-electron chi connectivity index (χ3n) is 3.70. The van der Waals surface area contributed by atoms with Gasteiger partial charge in [0.2, 0.25) is 11.1 Å². The second-order valence-electron chi connectivity index (χ2n) is 5.58. The standard InChI is InChI=1S/C15H18ClN5O2S/c1-8(24-15-20-19-13(21(15)17)9-3-4-9)14(22)18-11-7-10(16)5-6-12(11)23-2/h5-9H,3-4,17H2,1-2H3,(H,18,22)/t8-/m0/s1. The molecular weight excluding hydrogens is 350 g/mol. The Morgan fingerprint density at radius 2 is 2.25 bits per heavy atom. The van der Waals surface area contributed by atoms with Crippen LogP contribution >= 0.6 is 23.4 Å². The van der Waals surface area contributed by atoms with E-state index < -0.39 is 5.25 Å². The summed E-state index contributed by atoms with van der Waals surface area (Å²) in [5.74, 6) is 7.54. The summed E-state index contributed by atoms with van der Waals surface area (Å²) in [6.45, 7) is 1.78. The molecule has 1 heterocycles. The number of nitrogens with one attached hydrogen (secondary N) is 1. The molecule has 24 heavy (non-hydrogen) atoms. The lowest BCUT2D eigenvalue weighted by Crippen LogP contribution is -2.24. The molecule has 0 bridgehead atoms. The lowest BCUT2D eigenvalue weighted by molar-refractivity contribution is -0.115. The van der Waals surface area contributed by atoms with E-state index in [-0.39, 0.29) is 5.91 Å². The van der Waals surface area contributed by atoms with Gasteiger partial charge in [-0.3, -0.25) is 4.79 Å². The highest BCUT2D eigenvalue weighted by Gasteiger charge is 2.30. The number of nitrogens with zero attached hydrogens (tertiary/aromatic N) is 3. The summed E-state index contributed by atoms with van der Waals surface area (Å²) in [7, 11) is 1.54. The molecule has 1 fully saturated rings. The monoisotopic (exact) mass is 367 g/mol. The van der Waals surface area contributed by atoms with Crippen LogP contribution in [0.4, 0.5) is 5.69 Å². The lowest BCUT2D eigenvalue weighted by Gasteiger charge is -2.14. The maximum absolute atomic E-state index is 12.4. The number of ether oxygens (including phenoxy) is 1. The van der Waals surface area contributed by atoms with Crippen LogP contribution in [-0.2, 0) is 4.79 Å². The molecule has 1 amide bonds. The lowest BCUT2D eigenvalue weighted by atomic mass is 10.3. The van der Waals surface area contributed by atoms with Gasteiger partial charge in [0.15, 0.2) is 5.82 Å². The average molecular weight is 368 g/mol. The second-order valence-corrected chi connectivity index (χ2v) is 7.32. The van der Waals surface area contributed by atoms with E-state index in [4.69, 9.17) is 22.2 Å². The minimum atomic E-state index is -0.410. The molecule has 9 heteroatoms. The van der Waals surface area contributed by atoms with E-state index in [0.29, 0.717) is 27.5 Å². The highest BCUT2D eigenvalue weighted by atomic mass is 35.5. The van der Waals surface area contributed by atoms with E-state index >= 15 is 0 Å². The van der Waals surface area contributed by atoms with Gasteiger partial charge in [-0.15, -0.1) is 10.2 Å². The quantitative estimate of drug-likeness (QED) is 0.602. The zero-order valence-corrected chi connectivity index (χ0v) is 14.9. The molecule has 7 nitrogen and oxygen atoms in total. The number of amides is 1. The largest absolute Gasteiger partial charge is 0.495 e. The molecule has 2 aromatic rings. The van der Waals surface area contributed by atoms with Crippen LogP contribution < -0.4 is 15.9 Å². The number of hydrogen-bond donors (Lipinski definition) is 2. The predicted octanol–water partition coefficient (Wildman–Crippen LogP) is 2.65. The minimum Gasteiger partial charge on any atom is -0.495 e. The molecule has 0 spiro atoms. The third kappa shape index (κ3) is 3.59. The van der Waals surface area contributed by atoms with Crippen LogP contribution in [0.2, 0.25) is 5.02 Å². The Bertz CT molecular complexity index is 762. The second kappa shape index (κ2) is 6.90. The number of nitrogen functional groups attached to an aromatic ring is 1. The Balaban J connectivity index is 1.68. The van der Waals surface area contributed by atoms with E-state index in [1.807, 2.05) is 0 Å². The molecule has 1 aromatic heterocycles. The molecule has 0 radical (unpaired) electrons. The van der Waals surface area contributed by atoms with Gasteiger partial charge in [0, 0.05) is 10.9 Å². The molecule has 1 atom stereocenters. The Labute approximate surface area is 148 Å². The molecule has 3 rings (SSSR count). The smallest absolute Gasteiger partial charge is 0.237 e. The first-order valence-corrected chi connectivity index (χ1v) is 8.76. The number of hydrogen-bond acceptors (Lipinski definition) is 6. The Hall–Kier alpha value is -1.93. The maximum atomic E-state index is 12.4. The summed E-state index contributed by atoms with van der Waals surface area (Å²) < 4.78 is 6.71. The van der Waals surface area contributed by atoms with Gasteiger partial charge in [-0.25, -0.2) is 4.68 Å². The van der Waals surface area contributed by atoms with Crippen LogP contribution in [0.1, 0.15) is 31.5 Å². The number of thioether (sulfide) groups is 1. The fraction of sp³-hybridized carbons (Fsp3) is 0.400. The molecule has 1 saturated carbocycles. The normalized spacial score (nSPS) is 15.1. The van der Waals surface area contributed by atoms with Crippen LogP contribution in [0.3, 0.4) is 0 Å². The molecular formula is C15H18ClN5O2S. The number of carbonyl (C=O) groups excluding carboxylic acids is 1. The van der Waals surface area contributed by atoms with Crippen molar-refractivity contribution in [3.05, 3.63) is 29.0 Å². The summed E-state index contributed by atoms with van der Waals surface area (Å²) in [4.78, 5) is 12.4. The Morgan fingerprint density at radius 3 is 2.92 bits per heavy atom. The van der Waals surface area contributed by atoms with Crippen LogP contribution in [0, 0.1) is 0 Å². The highest BCUT2D eigenvalue weighted by Crippen LogP contribution is 2.39. The van der Waals surface area contributed by atoms with Crippen molar-refractivity contribution in [3.8, 4) is 5.75 Å². The maximum Gasteiger partial charge on any atom is 0.237 e. The summed E-state index contributed by atoms with van der Waals surface area (Å²) in [6, 6.07) is 5.05. The molecule has 3 N–H and O–H groups in total. The number of anilines is 1. The number of methoxy groups -OCH3 is 1. The van der Waals surface area contributed by atoms with Crippen molar-refractivity contribution in [3.63, 3.8) is 0 Å². The van der Waals surface area contributed by atoms with Crippen molar-refractivity contribution in [2.45, 2.75) is 36.1 Å². The molecule has 128 valence electrons. The number of benzene rings is 1.